The Morgan fingerprint density at radius 2 is 1.50 bits per heavy atom. The van der Waals surface area contributed by atoms with Gasteiger partial charge in [-0.15, -0.1) is 0 Å². The van der Waals surface area contributed by atoms with Crippen LogP contribution in [0.5, 0.6) is 0 Å². The van der Waals surface area contributed by atoms with E-state index in [1.165, 1.54) is 0 Å². The van der Waals surface area contributed by atoms with Crippen molar-refractivity contribution >= 4 is 11.9 Å². The molecule has 0 saturated carbocycles. The average Bonchev–Trinajstić information content (AvgIpc) is 2.44. The van der Waals surface area contributed by atoms with Crippen LogP contribution in [0.3, 0.4) is 0 Å². The Morgan fingerprint density at radius 3 is 1.85 bits per heavy atom. The van der Waals surface area contributed by atoms with Crippen LogP contribution < -0.4 is 0 Å². The number of allylic oxidation sites excluding steroid dienone is 2. The number of ether oxygens (including phenoxy) is 2. The molecule has 0 aliphatic rings. The molecular weight excluding hydrogens is 263 g/mol. The molecule has 0 bridgehead atoms. The maximum atomic E-state index is 14.6. The highest BCUT2D eigenvalue weighted by Crippen LogP contribution is 2.23. The Hall–Kier alpha value is -1.65. The van der Waals surface area contributed by atoms with Gasteiger partial charge in [-0.25, -0.2) is 14.0 Å². The van der Waals surface area contributed by atoms with E-state index in [9.17, 15) is 14.0 Å². The van der Waals surface area contributed by atoms with E-state index in [-0.39, 0.29) is 19.6 Å². The summed E-state index contributed by atoms with van der Waals surface area (Å²) in [6, 6.07) is 0. The Kier molecular flexibility index (Phi) is 9.34. The van der Waals surface area contributed by atoms with Gasteiger partial charge in [-0.2, -0.15) is 0 Å². The van der Waals surface area contributed by atoms with Gasteiger partial charge in [0.1, 0.15) is 13.2 Å². The number of hydrogen-bond acceptors (Lipinski definition) is 4. The molecule has 5 heteroatoms. The van der Waals surface area contributed by atoms with Gasteiger partial charge in [-0.05, 0) is 20.3 Å². The van der Waals surface area contributed by atoms with Crippen molar-refractivity contribution in [2.24, 2.45) is 0 Å². The van der Waals surface area contributed by atoms with Gasteiger partial charge in [-0.1, -0.05) is 37.6 Å². The fourth-order valence-electron chi connectivity index (χ4n) is 1.38. The Bertz CT molecular complexity index is 333. The first kappa shape index (κ1) is 18.4. The van der Waals surface area contributed by atoms with Gasteiger partial charge >= 0.3 is 17.6 Å². The first-order valence-corrected chi connectivity index (χ1v) is 6.78. The summed E-state index contributed by atoms with van der Waals surface area (Å²) >= 11 is 0. The first-order valence-electron chi connectivity index (χ1n) is 6.78. The van der Waals surface area contributed by atoms with Crippen LogP contribution in [0.25, 0.3) is 0 Å². The minimum atomic E-state index is -2.72. The largest absolute Gasteiger partial charge is 0.459 e. The number of unbranched alkanes of at least 4 members (excludes halogenated alkanes) is 1. The monoisotopic (exact) mass is 286 g/mol. The number of alkyl halides is 1. The third-order valence-electron chi connectivity index (χ3n) is 2.61. The van der Waals surface area contributed by atoms with E-state index in [4.69, 9.17) is 9.47 Å². The van der Waals surface area contributed by atoms with E-state index in [2.05, 4.69) is 0 Å². The molecule has 0 aromatic heterocycles. The van der Waals surface area contributed by atoms with Crippen LogP contribution in [-0.4, -0.2) is 30.8 Å². The van der Waals surface area contributed by atoms with Crippen molar-refractivity contribution in [3.05, 3.63) is 24.3 Å². The number of hydrogen-bond donors (Lipinski definition) is 0. The molecule has 0 fully saturated rings. The van der Waals surface area contributed by atoms with Gasteiger partial charge < -0.3 is 9.47 Å². The van der Waals surface area contributed by atoms with Crippen molar-refractivity contribution in [1.29, 1.82) is 0 Å². The zero-order valence-electron chi connectivity index (χ0n) is 12.4. The summed E-state index contributed by atoms with van der Waals surface area (Å²) in [6.45, 7) is 5.22. The lowest BCUT2D eigenvalue weighted by Gasteiger charge is -2.20. The lowest BCUT2D eigenvalue weighted by atomic mass is 9.99. The van der Waals surface area contributed by atoms with Gasteiger partial charge in [-0.3, -0.25) is 0 Å². The van der Waals surface area contributed by atoms with Crippen molar-refractivity contribution in [1.82, 2.24) is 0 Å². The number of halogens is 1. The minimum absolute atomic E-state index is 0.0602. The predicted molar refractivity (Wildman–Crippen MR) is 74.9 cm³/mol. The second kappa shape index (κ2) is 10.2. The lowest BCUT2D eigenvalue weighted by Crippen LogP contribution is -2.45. The molecule has 114 valence electrons. The average molecular weight is 286 g/mol. The summed E-state index contributed by atoms with van der Waals surface area (Å²) in [5.41, 5.74) is -2.72. The molecule has 4 nitrogen and oxygen atoms in total. The lowest BCUT2D eigenvalue weighted by molar-refractivity contribution is -0.174. The Labute approximate surface area is 119 Å². The molecule has 0 heterocycles. The third-order valence-corrected chi connectivity index (χ3v) is 2.61. The summed E-state index contributed by atoms with van der Waals surface area (Å²) in [5, 5.41) is 0. The summed E-state index contributed by atoms with van der Waals surface area (Å²) < 4.78 is 24.1. The van der Waals surface area contributed by atoms with E-state index in [0.717, 1.165) is 0 Å². The smallest absolute Gasteiger partial charge is 0.356 e. The Morgan fingerprint density at radius 1 is 1.05 bits per heavy atom. The molecule has 0 spiro atoms. The molecule has 0 aliphatic carbocycles. The standard InChI is InChI=1S/C15H23FO4/c1-4-7-10-15(16,13(17)19-11-8-5-2)14(18)20-12-9-6-3/h5-6,8-9H,4,7,10-12H2,1-3H3/b8-5+,9-6+. The van der Waals surface area contributed by atoms with Crippen LogP contribution in [0.1, 0.15) is 40.0 Å². The molecule has 0 amide bonds. The summed E-state index contributed by atoms with van der Waals surface area (Å²) in [5.74, 6) is -2.37. The van der Waals surface area contributed by atoms with Crippen LogP contribution in [0.2, 0.25) is 0 Å². The first-order chi connectivity index (χ1) is 9.52. The summed E-state index contributed by atoms with van der Waals surface area (Å²) in [6.07, 6.45) is 7.29. The molecule has 0 saturated heterocycles. The molecule has 0 aliphatic heterocycles. The van der Waals surface area contributed by atoms with Crippen LogP contribution >= 0.6 is 0 Å². The SMILES string of the molecule is C/C=C/COC(=O)C(F)(CCCC)C(=O)OC/C=C/C. The van der Waals surface area contributed by atoms with Crippen LogP contribution in [0, 0.1) is 0 Å². The highest BCUT2D eigenvalue weighted by atomic mass is 19.1. The topological polar surface area (TPSA) is 52.6 Å². The molecule has 0 N–H and O–H groups in total. The van der Waals surface area contributed by atoms with Crippen LogP contribution in [-0.2, 0) is 19.1 Å². The van der Waals surface area contributed by atoms with E-state index in [1.54, 1.807) is 38.2 Å². The van der Waals surface area contributed by atoms with E-state index < -0.39 is 17.6 Å². The predicted octanol–water partition coefficient (Wildman–Crippen LogP) is 3.12. The fourth-order valence-corrected chi connectivity index (χ4v) is 1.38. The maximum absolute atomic E-state index is 14.6. The van der Waals surface area contributed by atoms with Crippen molar-refractivity contribution in [2.75, 3.05) is 13.2 Å². The highest BCUT2D eigenvalue weighted by Gasteiger charge is 2.49. The third kappa shape index (κ3) is 5.99. The van der Waals surface area contributed by atoms with Crippen molar-refractivity contribution in [3.63, 3.8) is 0 Å². The number of esters is 2. The van der Waals surface area contributed by atoms with Gasteiger partial charge in [0, 0.05) is 6.42 Å². The van der Waals surface area contributed by atoms with Gasteiger partial charge in [0.15, 0.2) is 0 Å². The summed E-state index contributed by atoms with van der Waals surface area (Å²) in [4.78, 5) is 23.5. The fraction of sp³-hybridized carbons (Fsp3) is 0.600. The molecule has 0 aromatic carbocycles. The second-order valence-electron chi connectivity index (χ2n) is 4.24. The minimum Gasteiger partial charge on any atom is -0.459 e. The van der Waals surface area contributed by atoms with E-state index in [1.807, 2.05) is 6.92 Å². The number of carbonyl (C=O) groups excluding carboxylic acids is 2. The summed E-state index contributed by atoms with van der Waals surface area (Å²) in [7, 11) is 0. The molecule has 0 radical (unpaired) electrons. The molecule has 0 atom stereocenters. The van der Waals surface area contributed by atoms with E-state index >= 15 is 0 Å². The second-order valence-corrected chi connectivity index (χ2v) is 4.24. The highest BCUT2D eigenvalue weighted by molar-refractivity contribution is 6.03. The number of carbonyl (C=O) groups is 2. The maximum Gasteiger partial charge on any atom is 0.356 e. The van der Waals surface area contributed by atoms with Crippen molar-refractivity contribution < 1.29 is 23.5 Å². The van der Waals surface area contributed by atoms with Gasteiger partial charge in [0.05, 0.1) is 0 Å². The quantitative estimate of drug-likeness (QED) is 0.371. The van der Waals surface area contributed by atoms with Crippen LogP contribution in [0.4, 0.5) is 4.39 Å². The van der Waals surface area contributed by atoms with Gasteiger partial charge in [0.25, 0.3) is 0 Å². The normalized spacial score (nSPS) is 12.0. The van der Waals surface area contributed by atoms with E-state index in [0.29, 0.717) is 12.8 Å². The van der Waals surface area contributed by atoms with Gasteiger partial charge in [0.2, 0.25) is 0 Å². The van der Waals surface area contributed by atoms with Crippen molar-refractivity contribution in [2.45, 2.75) is 45.7 Å². The zero-order valence-corrected chi connectivity index (χ0v) is 12.4. The zero-order chi connectivity index (χ0) is 15.4. The Balaban J connectivity index is 4.77. The molecule has 20 heavy (non-hydrogen) atoms. The van der Waals surface area contributed by atoms with Crippen LogP contribution in [0.15, 0.2) is 24.3 Å². The molecule has 0 unspecified atom stereocenters. The molecular formula is C15H23FO4. The molecule has 0 aromatic rings. The number of rotatable bonds is 9. The van der Waals surface area contributed by atoms with Crippen molar-refractivity contribution in [3.8, 4) is 0 Å². The molecule has 0 rings (SSSR count).